The van der Waals surface area contributed by atoms with E-state index in [4.69, 9.17) is 9.15 Å². The molecule has 2 amide bonds. The van der Waals surface area contributed by atoms with E-state index in [0.29, 0.717) is 31.1 Å². The molecule has 0 spiro atoms. The number of amides is 2. The second-order valence-corrected chi connectivity index (χ2v) is 4.82. The van der Waals surface area contributed by atoms with Gasteiger partial charge in [0, 0.05) is 6.54 Å². The average Bonchev–Trinajstić information content (AvgIpc) is 3.08. The summed E-state index contributed by atoms with van der Waals surface area (Å²) in [6, 6.07) is 8.67. The van der Waals surface area contributed by atoms with Crippen molar-refractivity contribution in [3.05, 3.63) is 54.2 Å². The molecule has 0 radical (unpaired) electrons. The molecule has 1 aromatic heterocycles. The molecule has 1 aromatic carbocycles. The number of carbonyl (C=O) groups excluding carboxylic acids is 1. The molecule has 2 aromatic rings. The Morgan fingerprint density at radius 1 is 1.26 bits per heavy atom. The molecule has 23 heavy (non-hydrogen) atoms. The Labute approximate surface area is 133 Å². The number of hydrogen-bond acceptors (Lipinski definition) is 4. The molecule has 3 N–H and O–H groups in total. The van der Waals surface area contributed by atoms with Crippen LogP contribution in [-0.4, -0.2) is 30.8 Å². The molecule has 2 rings (SSSR count). The minimum atomic E-state index is -0.877. The third kappa shape index (κ3) is 5.99. The molecule has 0 aliphatic heterocycles. The lowest BCUT2D eigenvalue weighted by Crippen LogP contribution is -2.38. The fourth-order valence-electron chi connectivity index (χ4n) is 1.83. The summed E-state index contributed by atoms with van der Waals surface area (Å²) in [5, 5.41) is 14.9. The number of furan rings is 1. The number of carbonyl (C=O) groups is 1. The topological polar surface area (TPSA) is 83.7 Å². The highest BCUT2D eigenvalue weighted by molar-refractivity contribution is 5.73. The van der Waals surface area contributed by atoms with Gasteiger partial charge in [-0.05, 0) is 42.8 Å². The first-order valence-electron chi connectivity index (χ1n) is 7.26. The molecule has 1 atom stereocenters. The fourth-order valence-corrected chi connectivity index (χ4v) is 1.83. The van der Waals surface area contributed by atoms with Gasteiger partial charge in [0.1, 0.15) is 23.4 Å². The van der Waals surface area contributed by atoms with Crippen LogP contribution in [-0.2, 0) is 0 Å². The quantitative estimate of drug-likeness (QED) is 0.651. The standard InChI is InChI=1S/C16H19FN2O4/c17-12-4-6-13(7-5-12)22-10-2-8-18-16(21)19-11-14(20)15-3-1-9-23-15/h1,3-7,9,14,20H,2,8,10-11H2,(H2,18,19,21). The first kappa shape index (κ1) is 16.8. The summed E-state index contributed by atoms with van der Waals surface area (Å²) < 4.78 is 23.1. The van der Waals surface area contributed by atoms with Gasteiger partial charge in [0.05, 0.1) is 19.4 Å². The maximum Gasteiger partial charge on any atom is 0.314 e. The molecule has 0 aliphatic carbocycles. The van der Waals surface area contributed by atoms with Crippen LogP contribution in [0.5, 0.6) is 5.75 Å². The Balaban J connectivity index is 1.53. The van der Waals surface area contributed by atoms with Crippen LogP contribution >= 0.6 is 0 Å². The maximum atomic E-state index is 12.7. The lowest BCUT2D eigenvalue weighted by atomic mass is 10.3. The number of halogens is 1. The highest BCUT2D eigenvalue weighted by Gasteiger charge is 2.11. The van der Waals surface area contributed by atoms with E-state index in [1.807, 2.05) is 0 Å². The molecule has 1 heterocycles. The van der Waals surface area contributed by atoms with E-state index in [1.165, 1.54) is 18.4 Å². The van der Waals surface area contributed by atoms with E-state index >= 15 is 0 Å². The number of benzene rings is 1. The van der Waals surface area contributed by atoms with Gasteiger partial charge >= 0.3 is 6.03 Å². The van der Waals surface area contributed by atoms with E-state index in [-0.39, 0.29) is 18.4 Å². The van der Waals surface area contributed by atoms with Crippen molar-refractivity contribution < 1.29 is 23.4 Å². The Kier molecular flexibility index (Phi) is 6.43. The van der Waals surface area contributed by atoms with Crippen molar-refractivity contribution in [3.63, 3.8) is 0 Å². The number of rotatable bonds is 8. The number of hydrogen-bond donors (Lipinski definition) is 3. The van der Waals surface area contributed by atoms with Crippen molar-refractivity contribution in [2.75, 3.05) is 19.7 Å². The molecular formula is C16H19FN2O4. The van der Waals surface area contributed by atoms with Crippen LogP contribution < -0.4 is 15.4 Å². The Morgan fingerprint density at radius 2 is 2.04 bits per heavy atom. The highest BCUT2D eigenvalue weighted by Crippen LogP contribution is 2.12. The monoisotopic (exact) mass is 322 g/mol. The molecular weight excluding hydrogens is 303 g/mol. The van der Waals surface area contributed by atoms with Crippen molar-refractivity contribution >= 4 is 6.03 Å². The zero-order valence-corrected chi connectivity index (χ0v) is 12.5. The van der Waals surface area contributed by atoms with Gasteiger partial charge in [-0.2, -0.15) is 0 Å². The largest absolute Gasteiger partial charge is 0.494 e. The first-order chi connectivity index (χ1) is 11.1. The predicted molar refractivity (Wildman–Crippen MR) is 81.6 cm³/mol. The zero-order chi connectivity index (χ0) is 16.5. The number of ether oxygens (including phenoxy) is 1. The number of nitrogens with one attached hydrogen (secondary N) is 2. The minimum absolute atomic E-state index is 0.0609. The summed E-state index contributed by atoms with van der Waals surface area (Å²) in [4.78, 5) is 11.5. The molecule has 0 bridgehead atoms. The van der Waals surface area contributed by atoms with Crippen LogP contribution in [0, 0.1) is 5.82 Å². The third-order valence-corrected chi connectivity index (χ3v) is 3.02. The molecule has 124 valence electrons. The van der Waals surface area contributed by atoms with E-state index in [2.05, 4.69) is 10.6 Å². The van der Waals surface area contributed by atoms with Crippen LogP contribution in [0.1, 0.15) is 18.3 Å². The molecule has 0 aliphatic rings. The first-order valence-corrected chi connectivity index (χ1v) is 7.26. The normalized spacial score (nSPS) is 11.7. The number of urea groups is 1. The highest BCUT2D eigenvalue weighted by atomic mass is 19.1. The minimum Gasteiger partial charge on any atom is -0.494 e. The second kappa shape index (κ2) is 8.79. The lowest BCUT2D eigenvalue weighted by molar-refractivity contribution is 0.148. The van der Waals surface area contributed by atoms with E-state index < -0.39 is 6.10 Å². The summed E-state index contributed by atoms with van der Waals surface area (Å²) in [6.07, 6.45) is 1.18. The number of aliphatic hydroxyl groups excluding tert-OH is 1. The summed E-state index contributed by atoms with van der Waals surface area (Å²) in [5.41, 5.74) is 0. The molecule has 6 nitrogen and oxygen atoms in total. The molecule has 7 heteroatoms. The second-order valence-electron chi connectivity index (χ2n) is 4.82. The van der Waals surface area contributed by atoms with Gasteiger partial charge in [-0.25, -0.2) is 9.18 Å². The van der Waals surface area contributed by atoms with Gasteiger partial charge < -0.3 is 24.9 Å². The van der Waals surface area contributed by atoms with Gasteiger partial charge in [-0.1, -0.05) is 0 Å². The van der Waals surface area contributed by atoms with Gasteiger partial charge in [0.2, 0.25) is 0 Å². The smallest absolute Gasteiger partial charge is 0.314 e. The van der Waals surface area contributed by atoms with Crippen LogP contribution in [0.2, 0.25) is 0 Å². The predicted octanol–water partition coefficient (Wildman–Crippen LogP) is 2.22. The summed E-state index contributed by atoms with van der Waals surface area (Å²) in [7, 11) is 0. The third-order valence-electron chi connectivity index (χ3n) is 3.02. The van der Waals surface area contributed by atoms with Crippen LogP contribution in [0.4, 0.5) is 9.18 Å². The van der Waals surface area contributed by atoms with Crippen molar-refractivity contribution in [1.82, 2.24) is 10.6 Å². The SMILES string of the molecule is O=C(NCCCOc1ccc(F)cc1)NCC(O)c1ccco1. The number of aliphatic hydroxyl groups is 1. The Hall–Kier alpha value is -2.54. The zero-order valence-electron chi connectivity index (χ0n) is 12.5. The van der Waals surface area contributed by atoms with Gasteiger partial charge in [0.25, 0.3) is 0 Å². The van der Waals surface area contributed by atoms with Crippen molar-refractivity contribution in [1.29, 1.82) is 0 Å². The van der Waals surface area contributed by atoms with E-state index in [9.17, 15) is 14.3 Å². The maximum absolute atomic E-state index is 12.7. The van der Waals surface area contributed by atoms with Crippen LogP contribution in [0.25, 0.3) is 0 Å². The van der Waals surface area contributed by atoms with Crippen LogP contribution in [0.15, 0.2) is 47.1 Å². The molecule has 1 unspecified atom stereocenters. The molecule has 0 fully saturated rings. The Bertz CT molecular complexity index is 587. The van der Waals surface area contributed by atoms with E-state index in [1.54, 1.807) is 24.3 Å². The van der Waals surface area contributed by atoms with Crippen molar-refractivity contribution in [2.45, 2.75) is 12.5 Å². The average molecular weight is 322 g/mol. The van der Waals surface area contributed by atoms with Crippen molar-refractivity contribution in [2.24, 2.45) is 0 Å². The fraction of sp³-hybridized carbons (Fsp3) is 0.312. The Morgan fingerprint density at radius 3 is 2.74 bits per heavy atom. The molecule has 0 saturated heterocycles. The van der Waals surface area contributed by atoms with Gasteiger partial charge in [-0.15, -0.1) is 0 Å². The van der Waals surface area contributed by atoms with Gasteiger partial charge in [0.15, 0.2) is 0 Å². The lowest BCUT2D eigenvalue weighted by Gasteiger charge is -2.11. The summed E-state index contributed by atoms with van der Waals surface area (Å²) in [6.45, 7) is 0.885. The van der Waals surface area contributed by atoms with Gasteiger partial charge in [-0.3, -0.25) is 0 Å². The summed E-state index contributed by atoms with van der Waals surface area (Å²) >= 11 is 0. The van der Waals surface area contributed by atoms with E-state index in [0.717, 1.165) is 0 Å². The van der Waals surface area contributed by atoms with Crippen molar-refractivity contribution in [3.8, 4) is 5.75 Å². The summed E-state index contributed by atoms with van der Waals surface area (Å²) in [5.74, 6) is 0.669. The van der Waals surface area contributed by atoms with Crippen LogP contribution in [0.3, 0.4) is 0 Å². The molecule has 0 saturated carbocycles.